The molecule has 2 atom stereocenters. The molecule has 140 valence electrons. The Morgan fingerprint density at radius 3 is 2.77 bits per heavy atom. The lowest BCUT2D eigenvalue weighted by atomic mass is 9.86. The lowest BCUT2D eigenvalue weighted by molar-refractivity contribution is -0.144. The number of carbonyl (C=O) groups is 2. The van der Waals surface area contributed by atoms with E-state index in [0.717, 1.165) is 24.8 Å². The third-order valence-corrected chi connectivity index (χ3v) is 4.78. The van der Waals surface area contributed by atoms with E-state index in [0.29, 0.717) is 30.6 Å². The molecular formula is C20H25NO5. The van der Waals surface area contributed by atoms with Crippen molar-refractivity contribution in [1.82, 2.24) is 5.32 Å². The molecule has 0 spiro atoms. The molecule has 0 radical (unpaired) electrons. The lowest BCUT2D eigenvalue weighted by Gasteiger charge is -2.29. The zero-order valence-electron chi connectivity index (χ0n) is 15.0. The molecule has 1 aliphatic heterocycles. The molecule has 1 N–H and O–H groups in total. The topological polar surface area (TPSA) is 73.9 Å². The highest BCUT2D eigenvalue weighted by molar-refractivity contribution is 5.89. The maximum absolute atomic E-state index is 12.0. The van der Waals surface area contributed by atoms with Crippen molar-refractivity contribution >= 4 is 18.0 Å². The van der Waals surface area contributed by atoms with Gasteiger partial charge < -0.3 is 19.5 Å². The summed E-state index contributed by atoms with van der Waals surface area (Å²) >= 11 is 0. The van der Waals surface area contributed by atoms with Crippen LogP contribution in [0.1, 0.15) is 38.2 Å². The van der Waals surface area contributed by atoms with Gasteiger partial charge in [0.1, 0.15) is 13.2 Å². The van der Waals surface area contributed by atoms with Gasteiger partial charge in [-0.15, -0.1) is 0 Å². The SMILES string of the molecule is C[C@H]1CCCC[C@@H]1NC(=O)COC(=O)/C=C/c1ccc2c(c1)OCCO2. The van der Waals surface area contributed by atoms with Crippen LogP contribution in [0.3, 0.4) is 0 Å². The maximum atomic E-state index is 12.0. The van der Waals surface area contributed by atoms with Crippen molar-refractivity contribution < 1.29 is 23.8 Å². The first-order valence-corrected chi connectivity index (χ1v) is 9.15. The Kier molecular flexibility index (Phi) is 6.15. The fraction of sp³-hybridized carbons (Fsp3) is 0.500. The fourth-order valence-corrected chi connectivity index (χ4v) is 3.29. The highest BCUT2D eigenvalue weighted by atomic mass is 16.6. The van der Waals surface area contributed by atoms with Crippen LogP contribution in [0.5, 0.6) is 11.5 Å². The van der Waals surface area contributed by atoms with Crippen molar-refractivity contribution in [2.75, 3.05) is 19.8 Å². The van der Waals surface area contributed by atoms with Gasteiger partial charge in [-0.05, 0) is 42.5 Å². The summed E-state index contributed by atoms with van der Waals surface area (Å²) in [4.78, 5) is 23.8. The average molecular weight is 359 g/mol. The first kappa shape index (κ1) is 18.3. The second kappa shape index (κ2) is 8.74. The summed E-state index contributed by atoms with van der Waals surface area (Å²) in [6.45, 7) is 2.94. The van der Waals surface area contributed by atoms with Crippen molar-refractivity contribution in [2.24, 2.45) is 5.92 Å². The van der Waals surface area contributed by atoms with Crippen LogP contribution in [0.4, 0.5) is 0 Å². The minimum absolute atomic E-state index is 0.184. The smallest absolute Gasteiger partial charge is 0.331 e. The van der Waals surface area contributed by atoms with Crippen molar-refractivity contribution in [2.45, 2.75) is 38.6 Å². The van der Waals surface area contributed by atoms with Gasteiger partial charge in [0.15, 0.2) is 18.1 Å². The molecule has 1 aromatic rings. The number of fused-ring (bicyclic) bond motifs is 1. The minimum Gasteiger partial charge on any atom is -0.486 e. The van der Waals surface area contributed by atoms with Gasteiger partial charge in [0, 0.05) is 12.1 Å². The molecule has 0 aromatic heterocycles. The number of nitrogens with one attached hydrogen (secondary N) is 1. The molecule has 1 fully saturated rings. The summed E-state index contributed by atoms with van der Waals surface area (Å²) in [7, 11) is 0. The molecule has 2 aliphatic rings. The summed E-state index contributed by atoms with van der Waals surface area (Å²) in [5, 5.41) is 2.96. The molecule has 3 rings (SSSR count). The number of carbonyl (C=O) groups excluding carboxylic acids is 2. The molecule has 1 amide bonds. The fourth-order valence-electron chi connectivity index (χ4n) is 3.29. The van der Waals surface area contributed by atoms with Crippen molar-refractivity contribution in [3.8, 4) is 11.5 Å². The van der Waals surface area contributed by atoms with E-state index in [2.05, 4.69) is 12.2 Å². The van der Waals surface area contributed by atoms with Crippen LogP contribution in [-0.4, -0.2) is 37.7 Å². The summed E-state index contributed by atoms with van der Waals surface area (Å²) in [6, 6.07) is 5.62. The summed E-state index contributed by atoms with van der Waals surface area (Å²) in [6.07, 6.45) is 7.40. The van der Waals surface area contributed by atoms with E-state index in [4.69, 9.17) is 14.2 Å². The number of hydrogen-bond donors (Lipinski definition) is 1. The zero-order valence-corrected chi connectivity index (χ0v) is 15.0. The standard InChI is InChI=1S/C20H25NO5/c1-14-4-2-3-5-16(14)21-19(22)13-26-20(23)9-7-15-6-8-17-18(12-15)25-11-10-24-17/h6-9,12,14,16H,2-5,10-11,13H2,1H3,(H,21,22)/b9-7+/t14-,16-/m0/s1. The Morgan fingerprint density at radius 2 is 1.96 bits per heavy atom. The van der Waals surface area contributed by atoms with Crippen LogP contribution in [0.25, 0.3) is 6.08 Å². The molecular weight excluding hydrogens is 334 g/mol. The minimum atomic E-state index is -0.549. The second-order valence-electron chi connectivity index (χ2n) is 6.78. The molecule has 0 bridgehead atoms. The van der Waals surface area contributed by atoms with Gasteiger partial charge in [-0.1, -0.05) is 25.8 Å². The van der Waals surface area contributed by atoms with Crippen molar-refractivity contribution in [3.63, 3.8) is 0 Å². The molecule has 1 aromatic carbocycles. The van der Waals surface area contributed by atoms with E-state index < -0.39 is 5.97 Å². The van der Waals surface area contributed by atoms with Crippen molar-refractivity contribution in [3.05, 3.63) is 29.8 Å². The highest BCUT2D eigenvalue weighted by Gasteiger charge is 2.22. The lowest BCUT2D eigenvalue weighted by Crippen LogP contribution is -2.42. The molecule has 1 aliphatic carbocycles. The van der Waals surface area contributed by atoms with Crippen molar-refractivity contribution in [1.29, 1.82) is 0 Å². The number of esters is 1. The van der Waals surface area contributed by atoms with Crippen LogP contribution in [0.2, 0.25) is 0 Å². The molecule has 6 heteroatoms. The Bertz CT molecular complexity index is 685. The molecule has 26 heavy (non-hydrogen) atoms. The Labute approximate surface area is 153 Å². The van der Waals surface area contributed by atoms with Crippen LogP contribution in [0.15, 0.2) is 24.3 Å². The van der Waals surface area contributed by atoms with E-state index >= 15 is 0 Å². The molecule has 0 saturated heterocycles. The largest absolute Gasteiger partial charge is 0.486 e. The quantitative estimate of drug-likeness (QED) is 0.646. The number of hydrogen-bond acceptors (Lipinski definition) is 5. The summed E-state index contributed by atoms with van der Waals surface area (Å²) < 4.78 is 16.0. The number of amides is 1. The van der Waals surface area contributed by atoms with E-state index in [9.17, 15) is 9.59 Å². The van der Waals surface area contributed by atoms with Gasteiger partial charge in [-0.2, -0.15) is 0 Å². The second-order valence-corrected chi connectivity index (χ2v) is 6.78. The van der Waals surface area contributed by atoms with Crippen LogP contribution in [-0.2, 0) is 14.3 Å². The monoisotopic (exact) mass is 359 g/mol. The van der Waals surface area contributed by atoms with Gasteiger partial charge in [0.25, 0.3) is 5.91 Å². The van der Waals surface area contributed by atoms with Crippen LogP contribution < -0.4 is 14.8 Å². The predicted octanol–water partition coefficient (Wildman–Crippen LogP) is 2.71. The molecule has 1 saturated carbocycles. The van der Waals surface area contributed by atoms with Gasteiger partial charge >= 0.3 is 5.97 Å². The molecule has 0 unspecified atom stereocenters. The van der Waals surface area contributed by atoms with E-state index in [-0.39, 0.29) is 18.6 Å². The molecule has 1 heterocycles. The van der Waals surface area contributed by atoms with Crippen LogP contribution in [0, 0.1) is 5.92 Å². The third kappa shape index (κ3) is 5.00. The van der Waals surface area contributed by atoms with Gasteiger partial charge in [0.05, 0.1) is 0 Å². The normalized spacial score (nSPS) is 22.0. The van der Waals surface area contributed by atoms with Gasteiger partial charge in [-0.3, -0.25) is 4.79 Å². The van der Waals surface area contributed by atoms with Gasteiger partial charge in [-0.25, -0.2) is 4.79 Å². The summed E-state index contributed by atoms with van der Waals surface area (Å²) in [5.74, 6) is 1.03. The molecule has 6 nitrogen and oxygen atoms in total. The Hall–Kier alpha value is -2.50. The first-order chi connectivity index (χ1) is 12.6. The average Bonchev–Trinajstić information content (AvgIpc) is 2.66. The first-order valence-electron chi connectivity index (χ1n) is 9.15. The number of benzene rings is 1. The summed E-state index contributed by atoms with van der Waals surface area (Å²) in [5.41, 5.74) is 0.798. The Balaban J connectivity index is 1.44. The van der Waals surface area contributed by atoms with E-state index in [1.807, 2.05) is 6.07 Å². The Morgan fingerprint density at radius 1 is 1.19 bits per heavy atom. The highest BCUT2D eigenvalue weighted by Crippen LogP contribution is 2.31. The van der Waals surface area contributed by atoms with Gasteiger partial charge in [0.2, 0.25) is 0 Å². The number of ether oxygens (including phenoxy) is 3. The number of rotatable bonds is 5. The zero-order chi connectivity index (χ0) is 18.4. The van der Waals surface area contributed by atoms with Crippen LogP contribution >= 0.6 is 0 Å². The predicted molar refractivity (Wildman–Crippen MR) is 97.0 cm³/mol. The van der Waals surface area contributed by atoms with E-state index in [1.54, 1.807) is 18.2 Å². The van der Waals surface area contributed by atoms with E-state index in [1.165, 1.54) is 12.5 Å². The maximum Gasteiger partial charge on any atom is 0.331 e. The third-order valence-electron chi connectivity index (χ3n) is 4.78.